The lowest BCUT2D eigenvalue weighted by Crippen LogP contribution is -1.95. The minimum Gasteiger partial charge on any atom is -0.241 e. The summed E-state index contributed by atoms with van der Waals surface area (Å²) in [6.07, 6.45) is 8.98. The Kier molecular flexibility index (Phi) is 7.05. The van der Waals surface area contributed by atoms with E-state index in [1.807, 2.05) is 43.5 Å². The van der Waals surface area contributed by atoms with Crippen LogP contribution in [0.4, 0.5) is 0 Å². The number of rotatable bonds is 8. The Morgan fingerprint density at radius 2 is 1.11 bits per heavy atom. The summed E-state index contributed by atoms with van der Waals surface area (Å²) >= 11 is 0. The van der Waals surface area contributed by atoms with Crippen molar-refractivity contribution in [3.8, 4) is 0 Å². The fourth-order valence-electron chi connectivity index (χ4n) is 1.29. The molecule has 2 aromatic rings. The number of hydrogen-bond acceptors (Lipinski definition) is 7. The highest BCUT2D eigenvalue weighted by Crippen LogP contribution is 2.34. The van der Waals surface area contributed by atoms with E-state index >= 15 is 0 Å². The molecule has 7 heteroatoms. The second-order valence-electron chi connectivity index (χ2n) is 3.54. The molecule has 0 saturated carbocycles. The van der Waals surface area contributed by atoms with Gasteiger partial charge in [0.15, 0.2) is 0 Å². The Balaban J connectivity index is 1.49. The third-order valence-electron chi connectivity index (χ3n) is 2.15. The van der Waals surface area contributed by atoms with E-state index in [-0.39, 0.29) is 0 Å². The summed E-state index contributed by atoms with van der Waals surface area (Å²) in [6.45, 7) is 0. The first kappa shape index (κ1) is 14.6. The first-order valence-corrected chi connectivity index (χ1v) is 9.70. The molecule has 19 heavy (non-hydrogen) atoms. The van der Waals surface area contributed by atoms with Gasteiger partial charge in [-0.2, -0.15) is 0 Å². The molecule has 0 amide bonds. The van der Waals surface area contributed by atoms with Crippen LogP contribution in [-0.2, 0) is 12.8 Å². The Hall–Kier alpha value is -0.790. The molecule has 2 heterocycles. The summed E-state index contributed by atoms with van der Waals surface area (Å²) in [6, 6.07) is 3.68. The molecule has 0 fully saturated rings. The van der Waals surface area contributed by atoms with Gasteiger partial charge in [0.25, 0.3) is 0 Å². The van der Waals surface area contributed by atoms with Gasteiger partial charge in [-0.15, -0.1) is 0 Å². The van der Waals surface area contributed by atoms with Crippen LogP contribution in [0.15, 0.2) is 36.9 Å². The van der Waals surface area contributed by atoms with Crippen molar-refractivity contribution in [2.45, 2.75) is 12.8 Å². The molecule has 0 unspecified atom stereocenters. The standard InChI is InChI=1S/C12H14N4S3/c1-5-13-11(14-6-1)3-9-17-19-18-10-4-12-15-7-2-8-16-12/h1-2,5-8H,3-4,9-10H2. The molecule has 0 saturated heterocycles. The lowest BCUT2D eigenvalue weighted by Gasteiger charge is -2.00. The second-order valence-corrected chi connectivity index (χ2v) is 8.01. The minimum absolute atomic E-state index is 0.915. The van der Waals surface area contributed by atoms with Crippen LogP contribution >= 0.6 is 31.4 Å². The fraction of sp³-hybridized carbons (Fsp3) is 0.333. The van der Waals surface area contributed by atoms with Crippen molar-refractivity contribution >= 4 is 31.4 Å². The van der Waals surface area contributed by atoms with Gasteiger partial charge in [-0.3, -0.25) is 0 Å². The van der Waals surface area contributed by atoms with E-state index in [0.717, 1.165) is 36.0 Å². The Morgan fingerprint density at radius 3 is 1.53 bits per heavy atom. The predicted molar refractivity (Wildman–Crippen MR) is 84.0 cm³/mol. The molecule has 0 aliphatic rings. The van der Waals surface area contributed by atoms with Crippen LogP contribution in [0.2, 0.25) is 0 Å². The van der Waals surface area contributed by atoms with Crippen molar-refractivity contribution in [1.29, 1.82) is 0 Å². The maximum absolute atomic E-state index is 4.20. The molecule has 0 aliphatic heterocycles. The molecular formula is C12H14N4S3. The van der Waals surface area contributed by atoms with Gasteiger partial charge in [0.1, 0.15) is 11.6 Å². The van der Waals surface area contributed by atoms with Crippen molar-refractivity contribution in [2.75, 3.05) is 11.5 Å². The summed E-state index contributed by atoms with van der Waals surface area (Å²) in [5, 5.41) is 0. The van der Waals surface area contributed by atoms with Gasteiger partial charge in [-0.05, 0) is 22.0 Å². The van der Waals surface area contributed by atoms with Crippen molar-refractivity contribution in [3.05, 3.63) is 48.6 Å². The van der Waals surface area contributed by atoms with E-state index in [1.54, 1.807) is 24.8 Å². The van der Waals surface area contributed by atoms with Gasteiger partial charge in [0, 0.05) is 49.1 Å². The largest absolute Gasteiger partial charge is 0.241 e. The van der Waals surface area contributed by atoms with Crippen molar-refractivity contribution in [2.24, 2.45) is 0 Å². The molecule has 2 aromatic heterocycles. The normalized spacial score (nSPS) is 10.5. The maximum atomic E-state index is 4.20. The average Bonchev–Trinajstić information content (AvgIpc) is 2.48. The lowest BCUT2D eigenvalue weighted by atomic mass is 10.4. The molecule has 4 nitrogen and oxygen atoms in total. The molecule has 0 radical (unpaired) electrons. The topological polar surface area (TPSA) is 51.6 Å². The smallest absolute Gasteiger partial charge is 0.129 e. The van der Waals surface area contributed by atoms with Crippen LogP contribution in [0.1, 0.15) is 11.6 Å². The maximum Gasteiger partial charge on any atom is 0.129 e. The summed E-state index contributed by atoms with van der Waals surface area (Å²) in [5.41, 5.74) is 0. The second kappa shape index (κ2) is 9.17. The van der Waals surface area contributed by atoms with Gasteiger partial charge in [0.05, 0.1) is 0 Å². The van der Waals surface area contributed by atoms with Gasteiger partial charge >= 0.3 is 0 Å². The highest BCUT2D eigenvalue weighted by Gasteiger charge is 1.98. The first-order chi connectivity index (χ1) is 9.45. The van der Waals surface area contributed by atoms with E-state index < -0.39 is 0 Å². The van der Waals surface area contributed by atoms with Crippen LogP contribution in [0.5, 0.6) is 0 Å². The molecule has 0 aromatic carbocycles. The molecule has 0 spiro atoms. The summed E-state index contributed by atoms with van der Waals surface area (Å²) < 4.78 is 0. The van der Waals surface area contributed by atoms with Gasteiger partial charge < -0.3 is 0 Å². The van der Waals surface area contributed by atoms with Crippen molar-refractivity contribution in [3.63, 3.8) is 0 Å². The van der Waals surface area contributed by atoms with Crippen LogP contribution in [0, 0.1) is 0 Å². The zero-order valence-corrected chi connectivity index (χ0v) is 12.8. The number of aromatic nitrogens is 4. The molecular weight excluding hydrogens is 296 g/mol. The Labute approximate surface area is 124 Å². The monoisotopic (exact) mass is 310 g/mol. The van der Waals surface area contributed by atoms with E-state index in [1.165, 1.54) is 0 Å². The quantitative estimate of drug-likeness (QED) is 0.548. The third-order valence-corrected chi connectivity index (χ3v) is 6.40. The van der Waals surface area contributed by atoms with Gasteiger partial charge in [-0.25, -0.2) is 19.9 Å². The highest BCUT2D eigenvalue weighted by atomic mass is 33.5. The van der Waals surface area contributed by atoms with Crippen molar-refractivity contribution in [1.82, 2.24) is 19.9 Å². The zero-order chi connectivity index (χ0) is 13.2. The minimum atomic E-state index is 0.915. The molecule has 0 N–H and O–H groups in total. The van der Waals surface area contributed by atoms with Gasteiger partial charge in [0.2, 0.25) is 0 Å². The number of nitrogens with zero attached hydrogens (tertiary/aromatic N) is 4. The fourth-order valence-corrected chi connectivity index (χ4v) is 4.97. The van der Waals surface area contributed by atoms with Crippen LogP contribution < -0.4 is 0 Å². The third kappa shape index (κ3) is 6.26. The predicted octanol–water partition coefficient (Wildman–Crippen LogP) is 3.08. The molecule has 2 rings (SSSR count). The zero-order valence-electron chi connectivity index (χ0n) is 10.3. The van der Waals surface area contributed by atoms with E-state index in [4.69, 9.17) is 0 Å². The van der Waals surface area contributed by atoms with Gasteiger partial charge in [-0.1, -0.05) is 21.6 Å². The molecule has 0 bridgehead atoms. The van der Waals surface area contributed by atoms with Crippen LogP contribution in [0.25, 0.3) is 0 Å². The summed E-state index contributed by atoms with van der Waals surface area (Å²) in [7, 11) is 5.50. The SMILES string of the molecule is c1cnc(CCSSSCCc2ncccn2)nc1. The molecule has 0 atom stereocenters. The lowest BCUT2D eigenvalue weighted by molar-refractivity contribution is 0.948. The Morgan fingerprint density at radius 1 is 0.684 bits per heavy atom. The average molecular weight is 310 g/mol. The Bertz CT molecular complexity index is 412. The first-order valence-electron chi connectivity index (χ1n) is 5.88. The van der Waals surface area contributed by atoms with Crippen LogP contribution in [0.3, 0.4) is 0 Å². The number of aryl methyl sites for hydroxylation is 2. The highest BCUT2D eigenvalue weighted by molar-refractivity contribution is 9.09. The number of hydrogen-bond donors (Lipinski definition) is 0. The summed E-state index contributed by atoms with van der Waals surface area (Å²) in [5.74, 6) is 3.89. The van der Waals surface area contributed by atoms with Crippen molar-refractivity contribution < 1.29 is 0 Å². The van der Waals surface area contributed by atoms with E-state index in [2.05, 4.69) is 19.9 Å². The molecule has 100 valence electrons. The molecule has 0 aliphatic carbocycles. The van der Waals surface area contributed by atoms with E-state index in [9.17, 15) is 0 Å². The summed E-state index contributed by atoms with van der Waals surface area (Å²) in [4.78, 5) is 16.8. The van der Waals surface area contributed by atoms with E-state index in [0.29, 0.717) is 0 Å². The van der Waals surface area contributed by atoms with Crippen LogP contribution in [-0.4, -0.2) is 31.4 Å².